The van der Waals surface area contributed by atoms with Crippen LogP contribution in [0.1, 0.15) is 12.0 Å². The smallest absolute Gasteiger partial charge is 0.312 e. The van der Waals surface area contributed by atoms with Crippen LogP contribution in [0.25, 0.3) is 0 Å². The fourth-order valence-electron chi connectivity index (χ4n) is 1.83. The lowest BCUT2D eigenvalue weighted by Crippen LogP contribution is -2.49. The van der Waals surface area contributed by atoms with Gasteiger partial charge in [-0.3, -0.25) is 4.79 Å². The number of piperazine rings is 1. The second-order valence-corrected chi connectivity index (χ2v) is 4.22. The summed E-state index contributed by atoms with van der Waals surface area (Å²) >= 11 is 0. The Balaban J connectivity index is 1.86. The van der Waals surface area contributed by atoms with E-state index >= 15 is 0 Å². The Labute approximate surface area is 101 Å². The largest absolute Gasteiger partial charge is 0.426 e. The van der Waals surface area contributed by atoms with Crippen LogP contribution >= 0.6 is 0 Å². The zero-order chi connectivity index (χ0) is 12.1. The van der Waals surface area contributed by atoms with Gasteiger partial charge in [0.2, 0.25) is 0 Å². The van der Waals surface area contributed by atoms with E-state index in [1.54, 1.807) is 12.1 Å². The number of carbonyl (C=O) groups is 1. The lowest BCUT2D eigenvalue weighted by molar-refractivity contribution is -0.135. The van der Waals surface area contributed by atoms with Crippen molar-refractivity contribution in [1.29, 1.82) is 0 Å². The SMILES string of the molecule is Cc1cc[c]cc1OC(=O)CC1CNCCN1. The molecule has 0 aliphatic carbocycles. The maximum Gasteiger partial charge on any atom is 0.312 e. The van der Waals surface area contributed by atoms with Gasteiger partial charge in [-0.05, 0) is 24.6 Å². The molecule has 0 aromatic heterocycles. The molecule has 4 heteroatoms. The number of hydrogen-bond acceptors (Lipinski definition) is 4. The highest BCUT2D eigenvalue weighted by atomic mass is 16.5. The molecule has 1 radical (unpaired) electrons. The van der Waals surface area contributed by atoms with Gasteiger partial charge in [-0.15, -0.1) is 0 Å². The highest BCUT2D eigenvalue weighted by Crippen LogP contribution is 2.16. The third-order valence-corrected chi connectivity index (χ3v) is 2.80. The molecule has 1 unspecified atom stereocenters. The van der Waals surface area contributed by atoms with E-state index in [4.69, 9.17) is 4.74 Å². The molecule has 1 aliphatic rings. The van der Waals surface area contributed by atoms with E-state index < -0.39 is 0 Å². The molecule has 4 nitrogen and oxygen atoms in total. The van der Waals surface area contributed by atoms with Crippen LogP contribution in [0, 0.1) is 13.0 Å². The standard InChI is InChI=1S/C13H17N2O2/c1-10-4-2-3-5-12(10)17-13(16)8-11-9-14-6-7-15-11/h2,4-5,11,14-15H,6-9H2,1H3. The first-order valence-electron chi connectivity index (χ1n) is 5.87. The van der Waals surface area contributed by atoms with E-state index in [1.165, 1.54) is 0 Å². The highest BCUT2D eigenvalue weighted by molar-refractivity contribution is 5.73. The summed E-state index contributed by atoms with van der Waals surface area (Å²) in [6.45, 7) is 4.58. The zero-order valence-corrected chi connectivity index (χ0v) is 9.95. The number of nitrogens with one attached hydrogen (secondary N) is 2. The summed E-state index contributed by atoms with van der Waals surface area (Å²) in [4.78, 5) is 11.7. The molecule has 2 rings (SSSR count). The second-order valence-electron chi connectivity index (χ2n) is 4.22. The van der Waals surface area contributed by atoms with Crippen LogP contribution in [-0.2, 0) is 4.79 Å². The molecular formula is C13H17N2O2. The number of hydrogen-bond donors (Lipinski definition) is 2. The molecule has 1 saturated heterocycles. The Morgan fingerprint density at radius 1 is 1.59 bits per heavy atom. The molecule has 1 aromatic rings. The van der Waals surface area contributed by atoms with Gasteiger partial charge in [0.25, 0.3) is 0 Å². The maximum absolute atomic E-state index is 11.7. The van der Waals surface area contributed by atoms with Gasteiger partial charge in [-0.2, -0.15) is 0 Å². The molecule has 1 aromatic carbocycles. The second kappa shape index (κ2) is 5.80. The highest BCUT2D eigenvalue weighted by Gasteiger charge is 2.17. The van der Waals surface area contributed by atoms with Crippen molar-refractivity contribution in [2.45, 2.75) is 19.4 Å². The maximum atomic E-state index is 11.7. The number of ether oxygens (including phenoxy) is 1. The number of esters is 1. The molecule has 91 valence electrons. The topological polar surface area (TPSA) is 50.4 Å². The number of aryl methyl sites for hydroxylation is 1. The van der Waals surface area contributed by atoms with Crippen LogP contribution in [0.15, 0.2) is 18.2 Å². The minimum Gasteiger partial charge on any atom is -0.426 e. The van der Waals surface area contributed by atoms with Crippen LogP contribution < -0.4 is 15.4 Å². The van der Waals surface area contributed by atoms with Crippen molar-refractivity contribution in [2.75, 3.05) is 19.6 Å². The summed E-state index contributed by atoms with van der Waals surface area (Å²) in [5.74, 6) is 0.398. The average Bonchev–Trinajstić information content (AvgIpc) is 2.33. The van der Waals surface area contributed by atoms with E-state index in [0.29, 0.717) is 12.2 Å². The van der Waals surface area contributed by atoms with Gasteiger partial charge >= 0.3 is 5.97 Å². The first-order valence-corrected chi connectivity index (χ1v) is 5.87. The van der Waals surface area contributed by atoms with Gasteiger partial charge in [-0.1, -0.05) is 12.1 Å². The van der Waals surface area contributed by atoms with Crippen molar-refractivity contribution >= 4 is 5.97 Å². The van der Waals surface area contributed by atoms with Gasteiger partial charge < -0.3 is 15.4 Å². The quantitative estimate of drug-likeness (QED) is 0.594. The summed E-state index contributed by atoms with van der Waals surface area (Å²) in [5.41, 5.74) is 0.951. The van der Waals surface area contributed by atoms with E-state index in [-0.39, 0.29) is 12.0 Å². The number of benzene rings is 1. The third kappa shape index (κ3) is 3.54. The van der Waals surface area contributed by atoms with Crippen LogP contribution in [0.3, 0.4) is 0 Å². The van der Waals surface area contributed by atoms with Crippen LogP contribution in [0.2, 0.25) is 0 Å². The molecule has 0 bridgehead atoms. The Hall–Kier alpha value is -1.39. The van der Waals surface area contributed by atoms with Gasteiger partial charge in [0.1, 0.15) is 5.75 Å². The normalized spacial score (nSPS) is 19.9. The molecule has 2 N–H and O–H groups in total. The molecule has 0 spiro atoms. The van der Waals surface area contributed by atoms with Crippen molar-refractivity contribution in [3.8, 4) is 5.75 Å². The molecule has 1 aliphatic heterocycles. The zero-order valence-electron chi connectivity index (χ0n) is 9.95. The van der Waals surface area contributed by atoms with Crippen molar-refractivity contribution in [3.63, 3.8) is 0 Å². The van der Waals surface area contributed by atoms with Crippen LogP contribution in [-0.4, -0.2) is 31.6 Å². The van der Waals surface area contributed by atoms with Gasteiger partial charge in [-0.25, -0.2) is 0 Å². The lowest BCUT2D eigenvalue weighted by atomic mass is 10.1. The summed E-state index contributed by atoms with van der Waals surface area (Å²) in [6, 6.07) is 8.45. The summed E-state index contributed by atoms with van der Waals surface area (Å²) in [5, 5.41) is 6.52. The third-order valence-electron chi connectivity index (χ3n) is 2.80. The van der Waals surface area contributed by atoms with Crippen molar-refractivity contribution in [3.05, 3.63) is 29.8 Å². The summed E-state index contributed by atoms with van der Waals surface area (Å²) in [7, 11) is 0. The van der Waals surface area contributed by atoms with E-state index in [1.807, 2.05) is 13.0 Å². The molecule has 1 heterocycles. The fourth-order valence-corrected chi connectivity index (χ4v) is 1.83. The van der Waals surface area contributed by atoms with Crippen molar-refractivity contribution in [1.82, 2.24) is 10.6 Å². The molecule has 1 fully saturated rings. The Morgan fingerprint density at radius 2 is 2.47 bits per heavy atom. The minimum absolute atomic E-state index is 0.171. The van der Waals surface area contributed by atoms with Gasteiger partial charge in [0.15, 0.2) is 0 Å². The molecule has 1 atom stereocenters. The number of carbonyl (C=O) groups excluding carboxylic acids is 1. The minimum atomic E-state index is -0.200. The van der Waals surface area contributed by atoms with Crippen molar-refractivity contribution in [2.24, 2.45) is 0 Å². The molecule has 17 heavy (non-hydrogen) atoms. The summed E-state index contributed by atoms with van der Waals surface area (Å²) in [6.07, 6.45) is 0.390. The fraction of sp³-hybridized carbons (Fsp3) is 0.462. The summed E-state index contributed by atoms with van der Waals surface area (Å²) < 4.78 is 5.31. The monoisotopic (exact) mass is 233 g/mol. The number of rotatable bonds is 3. The van der Waals surface area contributed by atoms with Crippen LogP contribution in [0.4, 0.5) is 0 Å². The lowest BCUT2D eigenvalue weighted by Gasteiger charge is -2.23. The molecule has 0 amide bonds. The van der Waals surface area contributed by atoms with Gasteiger partial charge in [0, 0.05) is 25.7 Å². The predicted octanol–water partition coefficient (Wildman–Crippen LogP) is 0.652. The van der Waals surface area contributed by atoms with Crippen LogP contribution in [0.5, 0.6) is 5.75 Å². The Morgan fingerprint density at radius 3 is 3.18 bits per heavy atom. The molecule has 0 saturated carbocycles. The Kier molecular flexibility index (Phi) is 4.12. The Bertz CT molecular complexity index is 387. The molecular weight excluding hydrogens is 216 g/mol. The first kappa shape index (κ1) is 12.1. The average molecular weight is 233 g/mol. The van der Waals surface area contributed by atoms with E-state index in [0.717, 1.165) is 25.2 Å². The first-order chi connectivity index (χ1) is 8.25. The van der Waals surface area contributed by atoms with Crippen molar-refractivity contribution < 1.29 is 9.53 Å². The van der Waals surface area contributed by atoms with E-state index in [2.05, 4.69) is 16.7 Å². The predicted molar refractivity (Wildman–Crippen MR) is 64.9 cm³/mol. The van der Waals surface area contributed by atoms with E-state index in [9.17, 15) is 4.79 Å². The van der Waals surface area contributed by atoms with Gasteiger partial charge in [0.05, 0.1) is 6.42 Å².